The van der Waals surface area contributed by atoms with Crippen LogP contribution in [-0.2, 0) is 0 Å². The summed E-state index contributed by atoms with van der Waals surface area (Å²) in [4.78, 5) is 30.3. The van der Waals surface area contributed by atoms with Gasteiger partial charge in [-0.25, -0.2) is 24.6 Å². The van der Waals surface area contributed by atoms with Crippen molar-refractivity contribution in [3.63, 3.8) is 0 Å². The molecule has 5 rings (SSSR count). The molecule has 4 aromatic heterocycles. The number of nitriles is 1. The molecular weight excluding hydrogens is 418 g/mol. The lowest BCUT2D eigenvalue weighted by Crippen LogP contribution is -2.49. The van der Waals surface area contributed by atoms with Crippen LogP contribution in [0.15, 0.2) is 55.0 Å². The topological polar surface area (TPSA) is 139 Å². The monoisotopic (exact) mass is 439 g/mol. The van der Waals surface area contributed by atoms with Gasteiger partial charge in [-0.2, -0.15) is 5.26 Å². The maximum absolute atomic E-state index is 12.7. The Bertz CT molecular complexity index is 1370. The van der Waals surface area contributed by atoms with E-state index in [4.69, 9.17) is 10.7 Å². The van der Waals surface area contributed by atoms with Gasteiger partial charge in [0.25, 0.3) is 5.91 Å². The third-order valence-corrected chi connectivity index (χ3v) is 5.71. The van der Waals surface area contributed by atoms with Crippen LogP contribution >= 0.6 is 0 Å². The lowest BCUT2D eigenvalue weighted by molar-refractivity contribution is 0.0924. The minimum atomic E-state index is -0.329. The fraction of sp³-hybridized carbons (Fsp3) is 0.217. The molecule has 0 bridgehead atoms. The first-order valence-electron chi connectivity index (χ1n) is 10.6. The van der Waals surface area contributed by atoms with Gasteiger partial charge in [-0.1, -0.05) is 0 Å². The molecule has 1 fully saturated rings. The van der Waals surface area contributed by atoms with Gasteiger partial charge in [-0.15, -0.1) is 0 Å². The number of aromatic nitrogens is 5. The molecule has 0 radical (unpaired) electrons. The summed E-state index contributed by atoms with van der Waals surface area (Å²) in [7, 11) is 0. The van der Waals surface area contributed by atoms with Crippen LogP contribution in [0.3, 0.4) is 0 Å². The third kappa shape index (κ3) is 3.80. The molecule has 1 aliphatic heterocycles. The predicted molar refractivity (Wildman–Crippen MR) is 123 cm³/mol. The zero-order chi connectivity index (χ0) is 22.8. The molecule has 164 valence electrons. The molecule has 33 heavy (non-hydrogen) atoms. The minimum absolute atomic E-state index is 0.0306. The second-order valence-electron chi connectivity index (χ2n) is 7.74. The van der Waals surface area contributed by atoms with Gasteiger partial charge < -0.3 is 16.1 Å². The number of nitrogens with one attached hydrogen (secondary N) is 1. The second-order valence-corrected chi connectivity index (χ2v) is 7.74. The summed E-state index contributed by atoms with van der Waals surface area (Å²) >= 11 is 0. The maximum atomic E-state index is 12.7. The Hall–Kier alpha value is -4.52. The Kier molecular flexibility index (Phi) is 5.28. The average molecular weight is 439 g/mol. The Morgan fingerprint density at radius 3 is 2.58 bits per heavy atom. The normalized spacial score (nSPS) is 14.2. The largest absolute Gasteiger partial charge is 0.383 e. The van der Waals surface area contributed by atoms with Crippen molar-refractivity contribution in [1.29, 1.82) is 5.26 Å². The van der Waals surface area contributed by atoms with Crippen molar-refractivity contribution in [3.8, 4) is 17.5 Å². The number of piperidine rings is 1. The highest BCUT2D eigenvalue weighted by atomic mass is 16.2. The van der Waals surface area contributed by atoms with E-state index in [0.717, 1.165) is 29.6 Å². The Morgan fingerprint density at radius 1 is 1.06 bits per heavy atom. The second kappa shape index (κ2) is 8.55. The first kappa shape index (κ1) is 20.4. The summed E-state index contributed by atoms with van der Waals surface area (Å²) in [5.41, 5.74) is 8.82. The number of hydrogen-bond donors (Lipinski definition) is 2. The number of imidazole rings is 1. The van der Waals surface area contributed by atoms with Gasteiger partial charge in [0.2, 0.25) is 0 Å². The lowest BCUT2D eigenvalue weighted by atomic mass is 10.1. The van der Waals surface area contributed by atoms with Crippen molar-refractivity contribution in [2.45, 2.75) is 18.9 Å². The molecule has 0 aliphatic carbocycles. The summed E-state index contributed by atoms with van der Waals surface area (Å²) in [6.45, 7) is 1.35. The maximum Gasteiger partial charge on any atom is 0.271 e. The lowest BCUT2D eigenvalue weighted by Gasteiger charge is -2.35. The van der Waals surface area contributed by atoms with E-state index < -0.39 is 0 Å². The van der Waals surface area contributed by atoms with Crippen molar-refractivity contribution in [2.24, 2.45) is 0 Å². The van der Waals surface area contributed by atoms with Gasteiger partial charge in [0.05, 0.1) is 11.1 Å². The van der Waals surface area contributed by atoms with Crippen molar-refractivity contribution in [3.05, 3.63) is 66.2 Å². The first-order chi connectivity index (χ1) is 16.2. The average Bonchev–Trinajstić information content (AvgIpc) is 3.24. The van der Waals surface area contributed by atoms with E-state index in [9.17, 15) is 10.1 Å². The quantitative estimate of drug-likeness (QED) is 0.491. The third-order valence-electron chi connectivity index (χ3n) is 5.71. The zero-order valence-corrected chi connectivity index (χ0v) is 17.7. The number of hydrogen-bond acceptors (Lipinski definition) is 8. The number of carbonyl (C=O) groups is 1. The molecule has 10 nitrogen and oxygen atoms in total. The molecule has 0 spiro atoms. The van der Waals surface area contributed by atoms with Crippen molar-refractivity contribution < 1.29 is 4.79 Å². The molecule has 1 aliphatic rings. The molecule has 1 saturated heterocycles. The summed E-state index contributed by atoms with van der Waals surface area (Å²) in [6, 6.07) is 12.7. The number of nitrogens with two attached hydrogens (primary N) is 1. The van der Waals surface area contributed by atoms with Crippen LogP contribution in [0, 0.1) is 11.3 Å². The molecule has 0 unspecified atom stereocenters. The van der Waals surface area contributed by atoms with Gasteiger partial charge in [-0.05, 0) is 49.2 Å². The van der Waals surface area contributed by atoms with Crippen molar-refractivity contribution >= 4 is 22.9 Å². The Morgan fingerprint density at radius 2 is 1.79 bits per heavy atom. The molecule has 1 amide bonds. The number of rotatable bonds is 4. The van der Waals surface area contributed by atoms with Gasteiger partial charge in [-0.3, -0.25) is 4.79 Å². The van der Waals surface area contributed by atoms with Gasteiger partial charge in [0.15, 0.2) is 11.5 Å². The summed E-state index contributed by atoms with van der Waals surface area (Å²) in [6.07, 6.45) is 6.34. The molecule has 0 aromatic carbocycles. The van der Waals surface area contributed by atoms with Crippen LogP contribution in [0.5, 0.6) is 0 Å². The van der Waals surface area contributed by atoms with E-state index in [1.165, 1.54) is 6.20 Å². The minimum Gasteiger partial charge on any atom is -0.383 e. The van der Waals surface area contributed by atoms with Crippen LogP contribution < -0.4 is 16.1 Å². The van der Waals surface area contributed by atoms with Crippen LogP contribution in [0.4, 0.5) is 5.82 Å². The van der Waals surface area contributed by atoms with Crippen LogP contribution in [-0.4, -0.2) is 49.7 Å². The highest BCUT2D eigenvalue weighted by Gasteiger charge is 2.26. The fourth-order valence-corrected chi connectivity index (χ4v) is 4.09. The van der Waals surface area contributed by atoms with Crippen LogP contribution in [0.2, 0.25) is 0 Å². The van der Waals surface area contributed by atoms with Gasteiger partial charge >= 0.3 is 0 Å². The van der Waals surface area contributed by atoms with E-state index in [1.54, 1.807) is 24.5 Å². The van der Waals surface area contributed by atoms with Gasteiger partial charge in [0, 0.05) is 37.7 Å². The number of amides is 1. The predicted octanol–water partition coefficient (Wildman–Crippen LogP) is 1.87. The molecule has 0 saturated carbocycles. The highest BCUT2D eigenvalue weighted by Crippen LogP contribution is 2.28. The molecular formula is C23H21N9O. The van der Waals surface area contributed by atoms with E-state index in [1.807, 2.05) is 35.0 Å². The highest BCUT2D eigenvalue weighted by molar-refractivity contribution is 5.94. The number of fused-ring (bicyclic) bond motifs is 1. The van der Waals surface area contributed by atoms with Gasteiger partial charge in [0.1, 0.15) is 23.1 Å². The Labute approximate surface area is 189 Å². The summed E-state index contributed by atoms with van der Waals surface area (Å²) in [5.74, 6) is 0.757. The number of pyridine rings is 3. The summed E-state index contributed by atoms with van der Waals surface area (Å²) < 4.78 is 1.99. The van der Waals surface area contributed by atoms with E-state index >= 15 is 0 Å². The number of nitrogen functional groups attached to an aromatic ring is 1. The molecule has 0 atom stereocenters. The number of carbonyl (C=O) groups excluding carboxylic acids is 1. The number of nitrogens with zero attached hydrogens (tertiary/aromatic N) is 7. The number of anilines is 1. The van der Waals surface area contributed by atoms with Crippen molar-refractivity contribution in [2.75, 3.05) is 23.8 Å². The summed E-state index contributed by atoms with van der Waals surface area (Å²) in [5, 5.41) is 14.4. The zero-order valence-electron chi connectivity index (χ0n) is 17.7. The first-order valence-corrected chi connectivity index (χ1v) is 10.6. The van der Waals surface area contributed by atoms with Crippen molar-refractivity contribution in [1.82, 2.24) is 29.9 Å². The smallest absolute Gasteiger partial charge is 0.271 e. The van der Waals surface area contributed by atoms with Crippen LogP contribution in [0.1, 0.15) is 28.9 Å². The molecule has 3 N–H and O–H groups in total. The standard InChI is InChI=1S/C23H21N9O/c24-14-15-4-1-9-26-19(15)23(33)29-16-7-12-31(13-8-16)32-21(17-5-2-10-27-20(17)25)30-18-6-3-11-28-22(18)32/h1-6,9-11,16H,7-8,12-13H2,(H2,25,27)(H,29,33). The van der Waals surface area contributed by atoms with E-state index in [-0.39, 0.29) is 23.2 Å². The van der Waals surface area contributed by atoms with Crippen LogP contribution in [0.25, 0.3) is 22.6 Å². The molecule has 5 heterocycles. The van der Waals surface area contributed by atoms with E-state index in [0.29, 0.717) is 24.7 Å². The molecule has 4 aromatic rings. The fourth-order valence-electron chi connectivity index (χ4n) is 4.09. The molecule has 10 heteroatoms. The Balaban J connectivity index is 1.38. The van der Waals surface area contributed by atoms with E-state index in [2.05, 4.69) is 25.3 Å². The SMILES string of the molecule is N#Cc1cccnc1C(=O)NC1CCN(n2c(-c3cccnc3N)nc3cccnc32)CC1.